The van der Waals surface area contributed by atoms with E-state index in [1.807, 2.05) is 24.3 Å². The van der Waals surface area contributed by atoms with Crippen molar-refractivity contribution in [1.82, 2.24) is 14.8 Å². The number of halogens is 1. The smallest absolute Gasteiger partial charge is 0.270 e. The number of hydrogen-bond acceptors (Lipinski definition) is 5. The van der Waals surface area contributed by atoms with Crippen molar-refractivity contribution in [1.29, 1.82) is 0 Å². The molecule has 2 heterocycles. The fourth-order valence-corrected chi connectivity index (χ4v) is 3.10. The quantitative estimate of drug-likeness (QED) is 0.799. The van der Waals surface area contributed by atoms with Crippen LogP contribution in [0.4, 0.5) is 0 Å². The van der Waals surface area contributed by atoms with Gasteiger partial charge in [0.15, 0.2) is 15.8 Å². The maximum Gasteiger partial charge on any atom is 0.270 e. The lowest BCUT2D eigenvalue weighted by molar-refractivity contribution is 0.0996. The molecule has 3 rings (SSSR count). The molecule has 21 heavy (non-hydrogen) atoms. The number of nitrogens with zero attached hydrogens (tertiary/aromatic N) is 3. The zero-order valence-electron chi connectivity index (χ0n) is 11.0. The van der Waals surface area contributed by atoms with Crippen LogP contribution in [-0.2, 0) is 6.54 Å². The van der Waals surface area contributed by atoms with E-state index in [0.717, 1.165) is 11.3 Å². The number of primary amides is 1. The first-order valence-corrected chi connectivity index (χ1v) is 7.23. The van der Waals surface area contributed by atoms with Crippen LogP contribution in [0.1, 0.15) is 16.1 Å². The van der Waals surface area contributed by atoms with Crippen molar-refractivity contribution in [3.8, 4) is 5.75 Å². The molecule has 1 aromatic carbocycles. The van der Waals surface area contributed by atoms with E-state index >= 15 is 0 Å². The first-order chi connectivity index (χ1) is 10.1. The molecule has 0 atom stereocenters. The SMILES string of the molecule is COc1ccc(Cn2nc(C(N)=O)c3sc(Cl)nc32)cc1. The zero-order chi connectivity index (χ0) is 15.0. The molecule has 0 fully saturated rings. The summed E-state index contributed by atoms with van der Waals surface area (Å²) in [7, 11) is 1.61. The largest absolute Gasteiger partial charge is 0.497 e. The van der Waals surface area contributed by atoms with Crippen LogP contribution in [-0.4, -0.2) is 27.8 Å². The zero-order valence-corrected chi connectivity index (χ0v) is 12.6. The van der Waals surface area contributed by atoms with Crippen LogP contribution in [0, 0.1) is 0 Å². The third kappa shape index (κ3) is 2.57. The number of benzene rings is 1. The fourth-order valence-electron chi connectivity index (χ4n) is 2.00. The maximum atomic E-state index is 11.4. The summed E-state index contributed by atoms with van der Waals surface area (Å²) in [4.78, 5) is 15.6. The summed E-state index contributed by atoms with van der Waals surface area (Å²) in [5.41, 5.74) is 7.10. The van der Waals surface area contributed by atoms with Gasteiger partial charge in [0, 0.05) is 0 Å². The number of carbonyl (C=O) groups is 1. The number of hydrogen-bond donors (Lipinski definition) is 1. The minimum Gasteiger partial charge on any atom is -0.497 e. The maximum absolute atomic E-state index is 11.4. The average Bonchev–Trinajstić information content (AvgIpc) is 2.98. The summed E-state index contributed by atoms with van der Waals surface area (Å²) in [6.45, 7) is 0.466. The molecule has 0 bridgehead atoms. The Labute approximate surface area is 129 Å². The normalized spacial score (nSPS) is 11.0. The molecule has 2 N–H and O–H groups in total. The van der Waals surface area contributed by atoms with Crippen LogP contribution in [0.25, 0.3) is 10.3 Å². The number of thiazole rings is 1. The van der Waals surface area contributed by atoms with E-state index in [1.165, 1.54) is 11.3 Å². The highest BCUT2D eigenvalue weighted by atomic mass is 35.5. The monoisotopic (exact) mass is 322 g/mol. The van der Waals surface area contributed by atoms with Crippen LogP contribution < -0.4 is 10.5 Å². The van der Waals surface area contributed by atoms with Gasteiger partial charge in [0.1, 0.15) is 10.4 Å². The lowest BCUT2D eigenvalue weighted by Gasteiger charge is -2.04. The Balaban J connectivity index is 2.01. The van der Waals surface area contributed by atoms with Crippen molar-refractivity contribution in [2.45, 2.75) is 6.54 Å². The van der Waals surface area contributed by atoms with Crippen LogP contribution >= 0.6 is 22.9 Å². The molecule has 0 aliphatic carbocycles. The third-order valence-corrected chi connectivity index (χ3v) is 4.14. The van der Waals surface area contributed by atoms with Gasteiger partial charge in [0.2, 0.25) is 0 Å². The summed E-state index contributed by atoms with van der Waals surface area (Å²) in [6, 6.07) is 7.56. The molecule has 1 amide bonds. The van der Waals surface area contributed by atoms with E-state index in [1.54, 1.807) is 11.8 Å². The molecular formula is C13H11ClN4O2S. The number of methoxy groups -OCH3 is 1. The summed E-state index contributed by atoms with van der Waals surface area (Å²) in [6.07, 6.45) is 0. The summed E-state index contributed by atoms with van der Waals surface area (Å²) < 4.78 is 7.71. The van der Waals surface area contributed by atoms with Crippen LogP contribution in [0.3, 0.4) is 0 Å². The molecule has 108 valence electrons. The highest BCUT2D eigenvalue weighted by molar-refractivity contribution is 7.22. The fraction of sp³-hybridized carbons (Fsp3) is 0.154. The first-order valence-electron chi connectivity index (χ1n) is 6.04. The van der Waals surface area contributed by atoms with Crippen molar-refractivity contribution in [3.63, 3.8) is 0 Å². The molecule has 0 saturated heterocycles. The van der Waals surface area contributed by atoms with Gasteiger partial charge >= 0.3 is 0 Å². The Hall–Kier alpha value is -2.12. The number of aromatic nitrogens is 3. The second kappa shape index (κ2) is 5.34. The molecule has 0 unspecified atom stereocenters. The molecule has 2 aromatic heterocycles. The molecule has 3 aromatic rings. The van der Waals surface area contributed by atoms with Gasteiger partial charge in [0.25, 0.3) is 5.91 Å². The molecule has 0 saturated carbocycles. The van der Waals surface area contributed by atoms with Gasteiger partial charge in [-0.2, -0.15) is 5.10 Å². The average molecular weight is 323 g/mol. The van der Waals surface area contributed by atoms with Crippen LogP contribution in [0.5, 0.6) is 5.75 Å². The van der Waals surface area contributed by atoms with E-state index < -0.39 is 5.91 Å². The van der Waals surface area contributed by atoms with E-state index in [-0.39, 0.29) is 5.69 Å². The number of ether oxygens (including phenoxy) is 1. The Kier molecular flexibility index (Phi) is 3.52. The second-order valence-electron chi connectivity index (χ2n) is 4.34. The Bertz CT molecular complexity index is 810. The highest BCUT2D eigenvalue weighted by Crippen LogP contribution is 2.29. The van der Waals surface area contributed by atoms with Crippen molar-refractivity contribution < 1.29 is 9.53 Å². The Morgan fingerprint density at radius 1 is 1.43 bits per heavy atom. The third-order valence-electron chi connectivity index (χ3n) is 2.99. The summed E-state index contributed by atoms with van der Waals surface area (Å²) in [5.74, 6) is 0.188. The number of carbonyl (C=O) groups excluding carboxylic acids is 1. The van der Waals surface area contributed by atoms with Gasteiger partial charge < -0.3 is 10.5 Å². The minimum absolute atomic E-state index is 0.197. The standard InChI is InChI=1S/C13H11ClN4O2S/c1-20-8-4-2-7(3-5-8)6-18-12-10(21-13(14)16-12)9(17-18)11(15)19/h2-5H,6H2,1H3,(H2,15,19). The predicted octanol–water partition coefficient (Wildman–Crippen LogP) is 2.30. The molecule has 0 spiro atoms. The van der Waals surface area contributed by atoms with Gasteiger partial charge in [-0.05, 0) is 17.7 Å². The molecular weight excluding hydrogens is 312 g/mol. The van der Waals surface area contributed by atoms with Gasteiger partial charge in [0.05, 0.1) is 13.7 Å². The lowest BCUT2D eigenvalue weighted by Crippen LogP contribution is -2.13. The van der Waals surface area contributed by atoms with Crippen LogP contribution in [0.2, 0.25) is 4.47 Å². The van der Waals surface area contributed by atoms with Crippen molar-refractivity contribution in [3.05, 3.63) is 40.0 Å². The summed E-state index contributed by atoms with van der Waals surface area (Å²) in [5, 5.41) is 4.23. The van der Waals surface area contributed by atoms with E-state index in [2.05, 4.69) is 10.1 Å². The Morgan fingerprint density at radius 3 is 2.76 bits per heavy atom. The molecule has 0 aliphatic rings. The van der Waals surface area contributed by atoms with Crippen molar-refractivity contribution in [2.75, 3.05) is 7.11 Å². The second-order valence-corrected chi connectivity index (χ2v) is 5.92. The predicted molar refractivity (Wildman–Crippen MR) is 81.0 cm³/mol. The van der Waals surface area contributed by atoms with Gasteiger partial charge in [-0.1, -0.05) is 35.1 Å². The number of rotatable bonds is 4. The van der Waals surface area contributed by atoms with Crippen molar-refractivity contribution in [2.24, 2.45) is 5.73 Å². The van der Waals surface area contributed by atoms with Crippen molar-refractivity contribution >= 4 is 39.2 Å². The Morgan fingerprint density at radius 2 is 2.14 bits per heavy atom. The molecule has 8 heteroatoms. The molecule has 0 aliphatic heterocycles. The van der Waals surface area contributed by atoms with E-state index in [4.69, 9.17) is 22.1 Å². The van der Waals surface area contributed by atoms with Gasteiger partial charge in [-0.15, -0.1) is 0 Å². The first kappa shape index (κ1) is 13.8. The van der Waals surface area contributed by atoms with Gasteiger partial charge in [-0.25, -0.2) is 9.67 Å². The van der Waals surface area contributed by atoms with Gasteiger partial charge in [-0.3, -0.25) is 4.79 Å². The molecule has 0 radical (unpaired) electrons. The van der Waals surface area contributed by atoms with Crippen LogP contribution in [0.15, 0.2) is 24.3 Å². The number of amides is 1. The number of fused-ring (bicyclic) bond motifs is 1. The lowest BCUT2D eigenvalue weighted by atomic mass is 10.2. The molecule has 6 nitrogen and oxygen atoms in total. The summed E-state index contributed by atoms with van der Waals surface area (Å²) >= 11 is 7.11. The topological polar surface area (TPSA) is 83.0 Å². The minimum atomic E-state index is -0.589. The van der Waals surface area contributed by atoms with E-state index in [9.17, 15) is 4.79 Å². The number of nitrogens with two attached hydrogens (primary N) is 1. The van der Waals surface area contributed by atoms with E-state index in [0.29, 0.717) is 21.4 Å². The highest BCUT2D eigenvalue weighted by Gasteiger charge is 2.19.